The second-order valence-corrected chi connectivity index (χ2v) is 9.54. The zero-order valence-electron chi connectivity index (χ0n) is 20.6. The van der Waals surface area contributed by atoms with E-state index in [0.29, 0.717) is 44.1 Å². The molecule has 0 saturated carbocycles. The summed E-state index contributed by atoms with van der Waals surface area (Å²) in [6, 6.07) is 19.5. The molecule has 37 heavy (non-hydrogen) atoms. The Balaban J connectivity index is 1.61. The normalized spacial score (nSPS) is 15.3. The lowest BCUT2D eigenvalue weighted by atomic mass is 9.95. The van der Waals surface area contributed by atoms with Gasteiger partial charge in [-0.05, 0) is 31.0 Å². The molecular formula is C29H24N2O5S. The summed E-state index contributed by atoms with van der Waals surface area (Å²) >= 11 is 1.25. The Morgan fingerprint density at radius 1 is 1.08 bits per heavy atom. The van der Waals surface area contributed by atoms with Crippen LogP contribution in [0.3, 0.4) is 0 Å². The van der Waals surface area contributed by atoms with Crippen molar-refractivity contribution >= 4 is 29.2 Å². The lowest BCUT2D eigenvalue weighted by Gasteiger charge is -2.25. The summed E-state index contributed by atoms with van der Waals surface area (Å²) in [6.07, 6.45) is 2.20. The van der Waals surface area contributed by atoms with Crippen molar-refractivity contribution in [3.8, 4) is 11.3 Å². The van der Waals surface area contributed by atoms with E-state index >= 15 is 0 Å². The molecule has 0 N–H and O–H groups in total. The Morgan fingerprint density at radius 2 is 1.81 bits per heavy atom. The standard InChI is InChI=1S/C29H24N2O5S/c1-4-22-25(28(34)35-3)26(20-8-6-5-7-9-20)31-27(33)24(37-29(31)30-22)16-21-14-15-23(36-21)19-12-10-18(11-13-19)17(2)32/h5-16,26H,4H2,1-3H3/b24-16+/t26-/m0/s1. The summed E-state index contributed by atoms with van der Waals surface area (Å²) in [7, 11) is 1.33. The molecule has 1 aliphatic rings. The van der Waals surface area contributed by atoms with Gasteiger partial charge in [-0.2, -0.15) is 0 Å². The van der Waals surface area contributed by atoms with Gasteiger partial charge in [-0.3, -0.25) is 14.2 Å². The van der Waals surface area contributed by atoms with Gasteiger partial charge in [0.05, 0.1) is 29.0 Å². The number of rotatable bonds is 6. The van der Waals surface area contributed by atoms with Gasteiger partial charge in [0.15, 0.2) is 10.6 Å². The number of carbonyl (C=O) groups is 2. The Hall–Kier alpha value is -4.30. The first-order valence-electron chi connectivity index (χ1n) is 11.8. The summed E-state index contributed by atoms with van der Waals surface area (Å²) in [5.74, 6) is 0.625. The third kappa shape index (κ3) is 4.51. The highest BCUT2D eigenvalue weighted by atomic mass is 32.1. The summed E-state index contributed by atoms with van der Waals surface area (Å²) < 4.78 is 13.1. The molecule has 2 aromatic heterocycles. The number of furan rings is 1. The van der Waals surface area contributed by atoms with E-state index in [2.05, 4.69) is 4.99 Å². The predicted octanol–water partition coefficient (Wildman–Crippen LogP) is 4.26. The zero-order valence-corrected chi connectivity index (χ0v) is 21.4. The number of Topliss-reactive ketones (excluding diaryl/α,β-unsaturated/α-hetero) is 1. The van der Waals surface area contributed by atoms with E-state index in [1.165, 1.54) is 25.4 Å². The number of thiazole rings is 1. The van der Waals surface area contributed by atoms with Gasteiger partial charge in [0.25, 0.3) is 5.56 Å². The third-order valence-corrected chi connectivity index (χ3v) is 7.22. The van der Waals surface area contributed by atoms with E-state index < -0.39 is 12.0 Å². The van der Waals surface area contributed by atoms with Crippen LogP contribution in [0.5, 0.6) is 0 Å². The Labute approximate surface area is 216 Å². The van der Waals surface area contributed by atoms with Crippen molar-refractivity contribution in [2.75, 3.05) is 7.11 Å². The molecule has 0 unspecified atom stereocenters. The fourth-order valence-electron chi connectivity index (χ4n) is 4.40. The Morgan fingerprint density at radius 3 is 2.46 bits per heavy atom. The molecule has 4 aromatic rings. The summed E-state index contributed by atoms with van der Waals surface area (Å²) in [5, 5.41) is 0. The molecule has 1 aliphatic heterocycles. The van der Waals surface area contributed by atoms with Gasteiger partial charge in [-0.1, -0.05) is 72.9 Å². The highest BCUT2D eigenvalue weighted by molar-refractivity contribution is 7.07. The van der Waals surface area contributed by atoms with Gasteiger partial charge in [0, 0.05) is 17.2 Å². The van der Waals surface area contributed by atoms with E-state index in [1.54, 1.807) is 28.8 Å². The van der Waals surface area contributed by atoms with Gasteiger partial charge in [0.2, 0.25) is 0 Å². The van der Waals surface area contributed by atoms with Crippen LogP contribution in [0.4, 0.5) is 0 Å². The first-order valence-corrected chi connectivity index (χ1v) is 12.6. The number of allylic oxidation sites excluding steroid dienone is 1. The number of ketones is 1. The average molecular weight is 513 g/mol. The topological polar surface area (TPSA) is 90.9 Å². The number of nitrogens with zero attached hydrogens (tertiary/aromatic N) is 2. The number of carbonyl (C=O) groups excluding carboxylic acids is 2. The Bertz CT molecular complexity index is 1710. The van der Waals surface area contributed by atoms with Crippen molar-refractivity contribution in [1.82, 2.24) is 4.57 Å². The highest BCUT2D eigenvalue weighted by Crippen LogP contribution is 2.31. The minimum atomic E-state index is -0.644. The maximum absolute atomic E-state index is 13.7. The largest absolute Gasteiger partial charge is 0.466 e. The quantitative estimate of drug-likeness (QED) is 0.284. The maximum atomic E-state index is 13.7. The molecule has 3 heterocycles. The van der Waals surface area contributed by atoms with Crippen molar-refractivity contribution in [1.29, 1.82) is 0 Å². The van der Waals surface area contributed by atoms with Gasteiger partial charge >= 0.3 is 5.97 Å². The van der Waals surface area contributed by atoms with Crippen LogP contribution in [0.25, 0.3) is 17.4 Å². The summed E-state index contributed by atoms with van der Waals surface area (Å²) in [6.45, 7) is 3.45. The molecule has 0 bridgehead atoms. The number of methoxy groups -OCH3 is 1. The molecule has 0 amide bonds. The molecule has 0 fully saturated rings. The molecular weight excluding hydrogens is 488 g/mol. The molecule has 2 aromatic carbocycles. The smallest absolute Gasteiger partial charge is 0.338 e. The van der Waals surface area contributed by atoms with Crippen LogP contribution in [-0.2, 0) is 9.53 Å². The summed E-state index contributed by atoms with van der Waals surface area (Å²) in [5.41, 5.74) is 2.95. The molecule has 0 aliphatic carbocycles. The average Bonchev–Trinajstić information content (AvgIpc) is 3.52. The SMILES string of the molecule is CCC1=C(C(=O)OC)[C@H](c2ccccc2)n2c(s/c(=C/c3ccc(-c4ccc(C(C)=O)cc4)o3)c2=O)=N1. The van der Waals surface area contributed by atoms with E-state index in [9.17, 15) is 14.4 Å². The van der Waals surface area contributed by atoms with Crippen LogP contribution in [0, 0.1) is 0 Å². The van der Waals surface area contributed by atoms with Gasteiger partial charge in [-0.15, -0.1) is 0 Å². The van der Waals surface area contributed by atoms with Gasteiger partial charge in [0.1, 0.15) is 11.5 Å². The van der Waals surface area contributed by atoms with Crippen LogP contribution in [0.1, 0.15) is 48.0 Å². The van der Waals surface area contributed by atoms with E-state index in [1.807, 2.05) is 55.5 Å². The van der Waals surface area contributed by atoms with E-state index in [0.717, 1.165) is 11.1 Å². The number of aromatic nitrogens is 1. The van der Waals surface area contributed by atoms with Crippen molar-refractivity contribution in [2.45, 2.75) is 26.3 Å². The number of fused-ring (bicyclic) bond motifs is 1. The maximum Gasteiger partial charge on any atom is 0.338 e. The van der Waals surface area contributed by atoms with Crippen LogP contribution in [0.2, 0.25) is 0 Å². The molecule has 0 saturated heterocycles. The van der Waals surface area contributed by atoms with Crippen molar-refractivity contribution < 1.29 is 18.7 Å². The molecule has 186 valence electrons. The molecule has 8 heteroatoms. The monoisotopic (exact) mass is 512 g/mol. The van der Waals surface area contributed by atoms with Crippen molar-refractivity contribution in [3.63, 3.8) is 0 Å². The lowest BCUT2D eigenvalue weighted by Crippen LogP contribution is -2.40. The lowest BCUT2D eigenvalue weighted by molar-refractivity contribution is -0.136. The number of hydrogen-bond donors (Lipinski definition) is 0. The minimum Gasteiger partial charge on any atom is -0.466 e. The van der Waals surface area contributed by atoms with Gasteiger partial charge in [-0.25, -0.2) is 9.79 Å². The second-order valence-electron chi connectivity index (χ2n) is 8.53. The van der Waals surface area contributed by atoms with Crippen LogP contribution >= 0.6 is 11.3 Å². The van der Waals surface area contributed by atoms with E-state index in [-0.39, 0.29) is 11.3 Å². The fourth-order valence-corrected chi connectivity index (χ4v) is 5.40. The number of esters is 1. The molecule has 7 nitrogen and oxygen atoms in total. The molecule has 5 rings (SSSR count). The zero-order chi connectivity index (χ0) is 26.1. The van der Waals surface area contributed by atoms with Crippen molar-refractivity contribution in [2.24, 2.45) is 4.99 Å². The fraction of sp³-hybridized carbons (Fsp3) is 0.172. The van der Waals surface area contributed by atoms with Crippen LogP contribution in [0.15, 0.2) is 92.2 Å². The van der Waals surface area contributed by atoms with Crippen molar-refractivity contribution in [3.05, 3.63) is 115 Å². The van der Waals surface area contributed by atoms with E-state index in [4.69, 9.17) is 9.15 Å². The Kier molecular flexibility index (Phi) is 6.58. The molecule has 0 spiro atoms. The first kappa shape index (κ1) is 24.4. The predicted molar refractivity (Wildman–Crippen MR) is 141 cm³/mol. The second kappa shape index (κ2) is 9.99. The first-order chi connectivity index (χ1) is 17.9. The number of benzene rings is 2. The molecule has 1 atom stereocenters. The summed E-state index contributed by atoms with van der Waals surface area (Å²) in [4.78, 5) is 43.2. The highest BCUT2D eigenvalue weighted by Gasteiger charge is 2.33. The van der Waals surface area contributed by atoms with Crippen LogP contribution in [-0.4, -0.2) is 23.4 Å². The number of ether oxygens (including phenoxy) is 1. The van der Waals surface area contributed by atoms with Crippen LogP contribution < -0.4 is 14.9 Å². The van der Waals surface area contributed by atoms with Gasteiger partial charge < -0.3 is 9.15 Å². The number of hydrogen-bond acceptors (Lipinski definition) is 7. The third-order valence-electron chi connectivity index (χ3n) is 6.24. The minimum absolute atomic E-state index is 0.00236. The molecule has 0 radical (unpaired) electrons.